The summed E-state index contributed by atoms with van der Waals surface area (Å²) in [6.07, 6.45) is 0.959. The van der Waals surface area contributed by atoms with Crippen LogP contribution in [0.25, 0.3) is 43.8 Å². The van der Waals surface area contributed by atoms with Gasteiger partial charge in [0.1, 0.15) is 11.2 Å². The molecule has 8 rings (SSSR count). The van der Waals surface area contributed by atoms with Crippen LogP contribution >= 0.6 is 0 Å². The fraction of sp³-hybridized carbons (Fsp3) is 0.0286. The summed E-state index contributed by atoms with van der Waals surface area (Å²) in [6.45, 7) is 0. The van der Waals surface area contributed by atoms with E-state index in [4.69, 9.17) is 4.42 Å². The molecule has 0 amide bonds. The monoisotopic (exact) mass is 473 g/mol. The van der Waals surface area contributed by atoms with Crippen LogP contribution in [-0.4, -0.2) is 0 Å². The molecule has 0 spiro atoms. The highest BCUT2D eigenvalue weighted by Crippen LogP contribution is 2.48. The van der Waals surface area contributed by atoms with Crippen molar-refractivity contribution < 1.29 is 4.42 Å². The van der Waals surface area contributed by atoms with Crippen LogP contribution in [0.2, 0.25) is 0 Å². The average molecular weight is 474 g/mol. The zero-order chi connectivity index (χ0) is 24.3. The molecular weight excluding hydrogens is 450 g/mol. The van der Waals surface area contributed by atoms with Gasteiger partial charge in [-0.15, -0.1) is 0 Å². The quantitative estimate of drug-likeness (QED) is 0.254. The smallest absolute Gasteiger partial charge is 0.143 e. The molecule has 1 heterocycles. The third kappa shape index (κ3) is 2.99. The number of hydrogen-bond acceptors (Lipinski definition) is 2. The van der Waals surface area contributed by atoms with Gasteiger partial charge < -0.3 is 9.32 Å². The van der Waals surface area contributed by atoms with E-state index in [1.54, 1.807) is 0 Å². The Morgan fingerprint density at radius 1 is 0.541 bits per heavy atom. The van der Waals surface area contributed by atoms with Gasteiger partial charge in [-0.3, -0.25) is 0 Å². The molecule has 0 atom stereocenters. The zero-order valence-corrected chi connectivity index (χ0v) is 20.2. The zero-order valence-electron chi connectivity index (χ0n) is 20.2. The van der Waals surface area contributed by atoms with Gasteiger partial charge in [0, 0.05) is 39.2 Å². The molecular formula is C35H23NO. The van der Waals surface area contributed by atoms with Crippen LogP contribution in [0.1, 0.15) is 11.1 Å². The normalized spacial score (nSPS) is 12.2. The van der Waals surface area contributed by atoms with Crippen molar-refractivity contribution >= 4 is 49.8 Å². The molecule has 1 aliphatic carbocycles. The lowest BCUT2D eigenvalue weighted by Crippen LogP contribution is -2.10. The maximum absolute atomic E-state index is 6.80. The summed E-state index contributed by atoms with van der Waals surface area (Å²) in [5.74, 6) is 0. The number of nitrogens with zero attached hydrogens (tertiary/aromatic N) is 1. The molecule has 0 aliphatic heterocycles. The van der Waals surface area contributed by atoms with Gasteiger partial charge in [0.15, 0.2) is 0 Å². The van der Waals surface area contributed by atoms with Crippen molar-refractivity contribution in [1.29, 1.82) is 0 Å². The van der Waals surface area contributed by atoms with Gasteiger partial charge in [0.05, 0.1) is 5.69 Å². The highest BCUT2D eigenvalue weighted by atomic mass is 16.3. The first kappa shape index (κ1) is 20.4. The molecule has 0 radical (unpaired) electrons. The molecule has 1 aromatic heterocycles. The van der Waals surface area contributed by atoms with Crippen LogP contribution in [0.4, 0.5) is 17.1 Å². The third-order valence-corrected chi connectivity index (χ3v) is 7.65. The van der Waals surface area contributed by atoms with Crippen molar-refractivity contribution in [2.45, 2.75) is 6.42 Å². The van der Waals surface area contributed by atoms with Gasteiger partial charge >= 0.3 is 0 Å². The summed E-state index contributed by atoms with van der Waals surface area (Å²) < 4.78 is 6.80. The summed E-state index contributed by atoms with van der Waals surface area (Å²) in [7, 11) is 0. The average Bonchev–Trinajstić information content (AvgIpc) is 3.52. The van der Waals surface area contributed by atoms with E-state index in [9.17, 15) is 0 Å². The first-order valence-electron chi connectivity index (χ1n) is 12.8. The predicted octanol–water partition coefficient (Wildman–Crippen LogP) is 9.78. The number of benzene rings is 6. The molecule has 2 nitrogen and oxygen atoms in total. The lowest BCUT2D eigenvalue weighted by Gasteiger charge is -2.26. The molecule has 0 fully saturated rings. The molecule has 6 aromatic carbocycles. The molecule has 0 saturated heterocycles. The van der Waals surface area contributed by atoms with Crippen molar-refractivity contribution in [3.8, 4) is 11.1 Å². The minimum absolute atomic E-state index is 0.915. The topological polar surface area (TPSA) is 16.4 Å². The van der Waals surface area contributed by atoms with Crippen molar-refractivity contribution in [3.63, 3.8) is 0 Å². The van der Waals surface area contributed by atoms with Gasteiger partial charge in [-0.2, -0.15) is 0 Å². The predicted molar refractivity (Wildman–Crippen MR) is 154 cm³/mol. The van der Waals surface area contributed by atoms with E-state index in [1.807, 2.05) is 0 Å². The summed E-state index contributed by atoms with van der Waals surface area (Å²) >= 11 is 0. The fourth-order valence-electron chi connectivity index (χ4n) is 6.06. The van der Waals surface area contributed by atoms with Crippen molar-refractivity contribution in [2.24, 2.45) is 0 Å². The van der Waals surface area contributed by atoms with E-state index in [0.717, 1.165) is 34.6 Å². The van der Waals surface area contributed by atoms with E-state index in [2.05, 4.69) is 132 Å². The highest BCUT2D eigenvalue weighted by Gasteiger charge is 2.25. The number of fused-ring (bicyclic) bond motifs is 9. The summed E-state index contributed by atoms with van der Waals surface area (Å²) in [4.78, 5) is 2.33. The molecule has 0 N–H and O–H groups in total. The van der Waals surface area contributed by atoms with Gasteiger partial charge in [0.2, 0.25) is 0 Å². The van der Waals surface area contributed by atoms with Crippen molar-refractivity contribution in [2.75, 3.05) is 4.90 Å². The first-order valence-corrected chi connectivity index (χ1v) is 12.8. The Morgan fingerprint density at radius 2 is 1.19 bits per heavy atom. The highest BCUT2D eigenvalue weighted by molar-refractivity contribution is 6.24. The third-order valence-electron chi connectivity index (χ3n) is 7.65. The molecule has 174 valence electrons. The van der Waals surface area contributed by atoms with E-state index < -0.39 is 0 Å². The Morgan fingerprint density at radius 3 is 1.95 bits per heavy atom. The van der Waals surface area contributed by atoms with E-state index in [-0.39, 0.29) is 0 Å². The van der Waals surface area contributed by atoms with Gasteiger partial charge in [0.25, 0.3) is 0 Å². The molecule has 2 heteroatoms. The maximum Gasteiger partial charge on any atom is 0.143 e. The Balaban J connectivity index is 1.48. The van der Waals surface area contributed by atoms with Crippen LogP contribution in [0.15, 0.2) is 132 Å². The van der Waals surface area contributed by atoms with E-state index in [0.29, 0.717) is 0 Å². The largest absolute Gasteiger partial charge is 0.455 e. The summed E-state index contributed by atoms with van der Waals surface area (Å²) in [6, 6.07) is 45.3. The Kier molecular flexibility index (Phi) is 4.32. The van der Waals surface area contributed by atoms with Crippen LogP contribution in [0.5, 0.6) is 0 Å². The number of hydrogen-bond donors (Lipinski definition) is 0. The van der Waals surface area contributed by atoms with Crippen LogP contribution in [-0.2, 0) is 6.42 Å². The van der Waals surface area contributed by atoms with Crippen molar-refractivity contribution in [3.05, 3.63) is 139 Å². The SMILES string of the molecule is c1ccc(N(c2ccccc2)c2cc3oc4c5c(ccc4c3c3ccccc23)Cc2ccccc2-5)cc1. The van der Waals surface area contributed by atoms with Gasteiger partial charge in [-0.05, 0) is 52.8 Å². The molecule has 7 aromatic rings. The Hall–Kier alpha value is -4.82. The Bertz CT molecular complexity index is 1910. The van der Waals surface area contributed by atoms with E-state index in [1.165, 1.54) is 43.8 Å². The van der Waals surface area contributed by atoms with Crippen LogP contribution < -0.4 is 4.90 Å². The summed E-state index contributed by atoms with van der Waals surface area (Å²) in [5.41, 5.74) is 10.5. The minimum atomic E-state index is 0.915. The van der Waals surface area contributed by atoms with Crippen LogP contribution in [0, 0.1) is 0 Å². The second-order valence-corrected chi connectivity index (χ2v) is 9.73. The molecule has 37 heavy (non-hydrogen) atoms. The van der Waals surface area contributed by atoms with Gasteiger partial charge in [-0.25, -0.2) is 0 Å². The van der Waals surface area contributed by atoms with E-state index >= 15 is 0 Å². The Labute approximate surface area is 215 Å². The van der Waals surface area contributed by atoms with Crippen molar-refractivity contribution in [1.82, 2.24) is 0 Å². The maximum atomic E-state index is 6.80. The lowest BCUT2D eigenvalue weighted by molar-refractivity contribution is 0.670. The van der Waals surface area contributed by atoms with Gasteiger partial charge in [-0.1, -0.05) is 97.1 Å². The van der Waals surface area contributed by atoms with Crippen LogP contribution in [0.3, 0.4) is 0 Å². The molecule has 0 unspecified atom stereocenters. The second-order valence-electron chi connectivity index (χ2n) is 9.73. The number of rotatable bonds is 3. The standard InChI is InChI=1S/C35H23NO/c1-3-12-25(13-4-1)36(26-14-5-2-6-15-26)31-22-32-34(29-18-10-9-17-28(29)31)30-20-19-24-21-23-11-7-8-16-27(23)33(24)35(30)37-32/h1-20,22H,21H2. The molecule has 0 saturated carbocycles. The fourth-order valence-corrected chi connectivity index (χ4v) is 6.06. The first-order chi connectivity index (χ1) is 18.4. The lowest BCUT2D eigenvalue weighted by atomic mass is 9.98. The summed E-state index contributed by atoms with van der Waals surface area (Å²) in [5, 5.41) is 4.77. The second kappa shape index (κ2) is 7.84. The number of anilines is 3. The molecule has 1 aliphatic rings. The minimum Gasteiger partial charge on any atom is -0.455 e. The number of furan rings is 1. The molecule has 0 bridgehead atoms. The number of para-hydroxylation sites is 2.